The summed E-state index contributed by atoms with van der Waals surface area (Å²) in [5, 5.41) is 4.15. The first-order valence-corrected chi connectivity index (χ1v) is 9.94. The highest BCUT2D eigenvalue weighted by molar-refractivity contribution is 7.09. The molecule has 25 heavy (non-hydrogen) atoms. The second-order valence-corrected chi connectivity index (χ2v) is 7.84. The molecule has 0 spiro atoms. The van der Waals surface area contributed by atoms with Crippen LogP contribution in [0.15, 0.2) is 30.3 Å². The number of piperidine rings is 1. The van der Waals surface area contributed by atoms with E-state index >= 15 is 0 Å². The van der Waals surface area contributed by atoms with Crippen molar-refractivity contribution in [2.45, 2.75) is 32.1 Å². The van der Waals surface area contributed by atoms with E-state index in [2.05, 4.69) is 38.9 Å². The Morgan fingerprint density at radius 3 is 2.64 bits per heavy atom. The maximum Gasteiger partial charge on any atom is 0.223 e. The van der Waals surface area contributed by atoms with Crippen molar-refractivity contribution in [3.05, 3.63) is 41.7 Å². The fraction of sp³-hybridized carbons (Fsp3) is 0.526. The van der Waals surface area contributed by atoms with Crippen molar-refractivity contribution in [2.24, 2.45) is 11.8 Å². The Bertz CT molecular complexity index is 705. The van der Waals surface area contributed by atoms with Gasteiger partial charge in [0.15, 0.2) is 0 Å². The standard InChI is InChI=1S/C19H24N4OS/c24-18(16-6-7-16)20-13-15-8-10-23(11-9-15)19-21-17(22-25-19)12-14-4-2-1-3-5-14/h1-5,15-16H,6-13H2,(H,20,24). The molecule has 132 valence electrons. The van der Waals surface area contributed by atoms with Crippen LogP contribution in [-0.2, 0) is 11.2 Å². The molecule has 1 aliphatic carbocycles. The Labute approximate surface area is 152 Å². The molecule has 1 aromatic heterocycles. The lowest BCUT2D eigenvalue weighted by atomic mass is 9.97. The molecular formula is C19H24N4OS. The number of nitrogens with one attached hydrogen (secondary N) is 1. The number of aromatic nitrogens is 2. The highest BCUT2D eigenvalue weighted by Crippen LogP contribution is 2.29. The Kier molecular flexibility index (Phi) is 4.97. The van der Waals surface area contributed by atoms with E-state index in [-0.39, 0.29) is 5.91 Å². The number of nitrogens with zero attached hydrogens (tertiary/aromatic N) is 3. The van der Waals surface area contributed by atoms with Gasteiger partial charge in [-0.15, -0.1) is 0 Å². The highest BCUT2D eigenvalue weighted by atomic mass is 32.1. The van der Waals surface area contributed by atoms with Crippen molar-refractivity contribution in [3.63, 3.8) is 0 Å². The summed E-state index contributed by atoms with van der Waals surface area (Å²) in [5.74, 6) is 2.07. The predicted molar refractivity (Wildman–Crippen MR) is 99.8 cm³/mol. The van der Waals surface area contributed by atoms with Gasteiger partial charge in [0.05, 0.1) is 0 Å². The van der Waals surface area contributed by atoms with Crippen LogP contribution in [0.2, 0.25) is 0 Å². The lowest BCUT2D eigenvalue weighted by Gasteiger charge is -2.31. The van der Waals surface area contributed by atoms with Crippen LogP contribution < -0.4 is 10.2 Å². The van der Waals surface area contributed by atoms with Crippen LogP contribution in [0.4, 0.5) is 5.13 Å². The van der Waals surface area contributed by atoms with Crippen molar-refractivity contribution in [1.82, 2.24) is 14.7 Å². The Morgan fingerprint density at radius 1 is 1.16 bits per heavy atom. The van der Waals surface area contributed by atoms with Crippen LogP contribution in [-0.4, -0.2) is 34.9 Å². The van der Waals surface area contributed by atoms with Gasteiger partial charge >= 0.3 is 0 Å². The van der Waals surface area contributed by atoms with E-state index in [0.717, 1.165) is 62.7 Å². The third kappa shape index (κ3) is 4.37. The monoisotopic (exact) mass is 356 g/mol. The third-order valence-corrected chi connectivity index (χ3v) is 5.88. The van der Waals surface area contributed by atoms with Gasteiger partial charge in [0.1, 0.15) is 5.82 Å². The Morgan fingerprint density at radius 2 is 1.92 bits per heavy atom. The second kappa shape index (κ2) is 7.52. The summed E-state index contributed by atoms with van der Waals surface area (Å²) in [6.07, 6.45) is 5.16. The largest absolute Gasteiger partial charge is 0.356 e. The number of benzene rings is 1. The van der Waals surface area contributed by atoms with Gasteiger partial charge in [0.25, 0.3) is 0 Å². The summed E-state index contributed by atoms with van der Waals surface area (Å²) in [6.45, 7) is 2.84. The summed E-state index contributed by atoms with van der Waals surface area (Å²) in [7, 11) is 0. The third-order valence-electron chi connectivity index (χ3n) is 5.06. The molecule has 1 N–H and O–H groups in total. The molecule has 2 heterocycles. The average Bonchev–Trinajstić information content (AvgIpc) is 3.41. The molecular weight excluding hydrogens is 332 g/mol. The zero-order valence-electron chi connectivity index (χ0n) is 14.4. The van der Waals surface area contributed by atoms with Gasteiger partial charge in [-0.2, -0.15) is 4.37 Å². The van der Waals surface area contributed by atoms with Crippen molar-refractivity contribution in [2.75, 3.05) is 24.5 Å². The van der Waals surface area contributed by atoms with Crippen molar-refractivity contribution < 1.29 is 4.79 Å². The van der Waals surface area contributed by atoms with E-state index < -0.39 is 0 Å². The maximum atomic E-state index is 11.7. The topological polar surface area (TPSA) is 58.1 Å². The minimum Gasteiger partial charge on any atom is -0.356 e. The second-order valence-electron chi connectivity index (χ2n) is 7.11. The van der Waals surface area contributed by atoms with Gasteiger partial charge in [-0.05, 0) is 37.2 Å². The molecule has 1 saturated carbocycles. The molecule has 0 atom stereocenters. The molecule has 2 aromatic rings. The molecule has 1 aromatic carbocycles. The normalized spacial score (nSPS) is 18.3. The van der Waals surface area contributed by atoms with Gasteiger partial charge in [0, 0.05) is 43.5 Å². The zero-order chi connectivity index (χ0) is 17.1. The van der Waals surface area contributed by atoms with Gasteiger partial charge in [0.2, 0.25) is 11.0 Å². The first kappa shape index (κ1) is 16.5. The molecule has 0 bridgehead atoms. The van der Waals surface area contributed by atoms with Gasteiger partial charge in [-0.3, -0.25) is 4.79 Å². The SMILES string of the molecule is O=C(NCC1CCN(c2nc(Cc3ccccc3)ns2)CC1)C1CC1. The molecule has 0 radical (unpaired) electrons. The molecule has 5 nitrogen and oxygen atoms in total. The van der Waals surface area contributed by atoms with E-state index in [1.165, 1.54) is 17.1 Å². The van der Waals surface area contributed by atoms with Crippen LogP contribution in [0.25, 0.3) is 0 Å². The maximum absolute atomic E-state index is 11.7. The Balaban J connectivity index is 1.25. The van der Waals surface area contributed by atoms with Gasteiger partial charge in [-0.1, -0.05) is 30.3 Å². The predicted octanol–water partition coefficient (Wildman–Crippen LogP) is 2.87. The van der Waals surface area contributed by atoms with E-state index in [9.17, 15) is 4.79 Å². The lowest BCUT2D eigenvalue weighted by Crippen LogP contribution is -2.39. The fourth-order valence-electron chi connectivity index (χ4n) is 3.29. The van der Waals surface area contributed by atoms with E-state index in [1.807, 2.05) is 6.07 Å². The van der Waals surface area contributed by atoms with Crippen LogP contribution in [0.5, 0.6) is 0 Å². The minimum absolute atomic E-state index is 0.261. The van der Waals surface area contributed by atoms with Gasteiger partial charge in [-0.25, -0.2) is 4.98 Å². The van der Waals surface area contributed by atoms with E-state index in [4.69, 9.17) is 4.98 Å². The summed E-state index contributed by atoms with van der Waals surface area (Å²) in [6, 6.07) is 10.4. The molecule has 1 saturated heterocycles. The van der Waals surface area contributed by atoms with Crippen LogP contribution >= 0.6 is 11.5 Å². The zero-order valence-corrected chi connectivity index (χ0v) is 15.2. The Hall–Kier alpha value is -1.95. The first-order valence-electron chi connectivity index (χ1n) is 9.17. The van der Waals surface area contributed by atoms with Crippen molar-refractivity contribution in [3.8, 4) is 0 Å². The minimum atomic E-state index is 0.261. The highest BCUT2D eigenvalue weighted by Gasteiger charge is 2.30. The number of anilines is 1. The van der Waals surface area contributed by atoms with Gasteiger partial charge < -0.3 is 10.2 Å². The quantitative estimate of drug-likeness (QED) is 0.865. The molecule has 6 heteroatoms. The van der Waals surface area contributed by atoms with Crippen molar-refractivity contribution >= 4 is 22.6 Å². The first-order chi connectivity index (χ1) is 12.3. The molecule has 1 amide bonds. The molecule has 4 rings (SSSR count). The van der Waals surface area contributed by atoms with E-state index in [1.54, 1.807) is 0 Å². The van der Waals surface area contributed by atoms with Crippen LogP contribution in [0.3, 0.4) is 0 Å². The van der Waals surface area contributed by atoms with Crippen LogP contribution in [0, 0.1) is 11.8 Å². The van der Waals surface area contributed by atoms with Crippen molar-refractivity contribution in [1.29, 1.82) is 0 Å². The number of hydrogen-bond acceptors (Lipinski definition) is 5. The number of rotatable bonds is 6. The number of carbonyl (C=O) groups is 1. The molecule has 2 aliphatic rings. The number of amides is 1. The summed E-state index contributed by atoms with van der Waals surface area (Å²) in [4.78, 5) is 18.8. The smallest absolute Gasteiger partial charge is 0.223 e. The lowest BCUT2D eigenvalue weighted by molar-refractivity contribution is -0.122. The number of hydrogen-bond donors (Lipinski definition) is 1. The summed E-state index contributed by atoms with van der Waals surface area (Å²) >= 11 is 1.50. The fourth-order valence-corrected chi connectivity index (χ4v) is 4.02. The number of carbonyl (C=O) groups excluding carboxylic acids is 1. The summed E-state index contributed by atoms with van der Waals surface area (Å²) in [5.41, 5.74) is 1.25. The molecule has 0 unspecified atom stereocenters. The molecule has 1 aliphatic heterocycles. The summed E-state index contributed by atoms with van der Waals surface area (Å²) < 4.78 is 4.52. The molecule has 2 fully saturated rings. The average molecular weight is 356 g/mol. The van der Waals surface area contributed by atoms with Crippen LogP contribution in [0.1, 0.15) is 37.1 Å². The van der Waals surface area contributed by atoms with E-state index in [0.29, 0.717) is 11.8 Å².